The van der Waals surface area contributed by atoms with Crippen LogP contribution in [-0.4, -0.2) is 41.4 Å². The highest BCUT2D eigenvalue weighted by Gasteiger charge is 2.21. The molecule has 2 aromatic rings. The Labute approximate surface area is 131 Å². The van der Waals surface area contributed by atoms with Gasteiger partial charge in [-0.3, -0.25) is 5.10 Å². The first-order valence-electron chi connectivity index (χ1n) is 6.97. The van der Waals surface area contributed by atoms with Crippen molar-refractivity contribution in [1.29, 1.82) is 0 Å². The average Bonchev–Trinajstić information content (AvgIpc) is 2.97. The van der Waals surface area contributed by atoms with Crippen LogP contribution < -0.4 is 10.2 Å². The molecule has 1 saturated heterocycles. The van der Waals surface area contributed by atoms with Gasteiger partial charge in [0, 0.05) is 23.6 Å². The molecule has 0 aliphatic carbocycles. The minimum absolute atomic E-state index is 0.319. The Morgan fingerprint density at radius 3 is 2.81 bits per heavy atom. The molecule has 1 aliphatic heterocycles. The Morgan fingerprint density at radius 1 is 1.38 bits per heavy atom. The molecule has 0 saturated carbocycles. The van der Waals surface area contributed by atoms with Crippen LogP contribution >= 0.6 is 15.9 Å². The molecular weight excluding hydrogens is 337 g/mol. The van der Waals surface area contributed by atoms with Gasteiger partial charge in [0.15, 0.2) is 5.82 Å². The van der Waals surface area contributed by atoms with Crippen LogP contribution in [0.5, 0.6) is 0 Å². The SMILES string of the molecule is CNC1CCN(c2n[nH]c(-c3ccc(Br)cc3F)n2)CC1. The third-order valence-electron chi connectivity index (χ3n) is 3.85. The normalized spacial score (nSPS) is 16.4. The van der Waals surface area contributed by atoms with Crippen LogP contribution in [0.1, 0.15) is 12.8 Å². The Kier molecular flexibility index (Phi) is 4.21. The molecule has 112 valence electrons. The number of aromatic amines is 1. The van der Waals surface area contributed by atoms with Gasteiger partial charge in [-0.15, -0.1) is 5.10 Å². The van der Waals surface area contributed by atoms with Gasteiger partial charge < -0.3 is 10.2 Å². The van der Waals surface area contributed by atoms with E-state index in [4.69, 9.17) is 0 Å². The Hall–Kier alpha value is -1.47. The highest BCUT2D eigenvalue weighted by molar-refractivity contribution is 9.10. The molecular formula is C14H17BrFN5. The van der Waals surface area contributed by atoms with Crippen molar-refractivity contribution >= 4 is 21.9 Å². The number of rotatable bonds is 3. The maximum absolute atomic E-state index is 13.9. The second kappa shape index (κ2) is 6.11. The van der Waals surface area contributed by atoms with Gasteiger partial charge in [-0.05, 0) is 38.1 Å². The fourth-order valence-electron chi connectivity index (χ4n) is 2.56. The molecule has 0 atom stereocenters. The number of nitrogens with one attached hydrogen (secondary N) is 2. The van der Waals surface area contributed by atoms with Gasteiger partial charge in [0.05, 0.1) is 5.56 Å². The number of halogens is 2. The Bertz CT molecular complexity index is 622. The van der Waals surface area contributed by atoms with Crippen LogP contribution in [0.15, 0.2) is 22.7 Å². The lowest BCUT2D eigenvalue weighted by Crippen LogP contribution is -2.41. The Balaban J connectivity index is 1.77. The summed E-state index contributed by atoms with van der Waals surface area (Å²) in [6.07, 6.45) is 2.13. The van der Waals surface area contributed by atoms with E-state index >= 15 is 0 Å². The smallest absolute Gasteiger partial charge is 0.245 e. The van der Waals surface area contributed by atoms with Gasteiger partial charge >= 0.3 is 0 Å². The molecule has 1 fully saturated rings. The number of anilines is 1. The van der Waals surface area contributed by atoms with Crippen LogP contribution in [0.4, 0.5) is 10.3 Å². The number of benzene rings is 1. The molecule has 2 N–H and O–H groups in total. The maximum Gasteiger partial charge on any atom is 0.245 e. The van der Waals surface area contributed by atoms with E-state index in [1.807, 2.05) is 7.05 Å². The van der Waals surface area contributed by atoms with Crippen molar-refractivity contribution in [2.45, 2.75) is 18.9 Å². The fraction of sp³-hybridized carbons (Fsp3) is 0.429. The van der Waals surface area contributed by atoms with E-state index in [0.717, 1.165) is 25.9 Å². The van der Waals surface area contributed by atoms with Crippen molar-refractivity contribution < 1.29 is 4.39 Å². The fourth-order valence-corrected chi connectivity index (χ4v) is 2.90. The number of aromatic nitrogens is 3. The number of nitrogens with zero attached hydrogens (tertiary/aromatic N) is 3. The van der Waals surface area contributed by atoms with Gasteiger partial charge in [-0.2, -0.15) is 4.98 Å². The molecule has 7 heteroatoms. The maximum atomic E-state index is 13.9. The van der Waals surface area contributed by atoms with Gasteiger partial charge in [0.1, 0.15) is 5.82 Å². The second-order valence-corrected chi connectivity index (χ2v) is 6.07. The van der Waals surface area contributed by atoms with Gasteiger partial charge in [-0.25, -0.2) is 4.39 Å². The van der Waals surface area contributed by atoms with Crippen LogP contribution in [-0.2, 0) is 0 Å². The van der Waals surface area contributed by atoms with E-state index in [0.29, 0.717) is 27.9 Å². The minimum Gasteiger partial charge on any atom is -0.339 e. The summed E-state index contributed by atoms with van der Waals surface area (Å²) in [4.78, 5) is 6.56. The van der Waals surface area contributed by atoms with Crippen LogP contribution in [0, 0.1) is 5.82 Å². The predicted molar refractivity (Wildman–Crippen MR) is 83.8 cm³/mol. The summed E-state index contributed by atoms with van der Waals surface area (Å²) in [5.74, 6) is 0.786. The number of piperidine rings is 1. The van der Waals surface area contributed by atoms with Crippen molar-refractivity contribution in [3.63, 3.8) is 0 Å². The Morgan fingerprint density at radius 2 is 2.14 bits per heavy atom. The molecule has 1 aromatic heterocycles. The molecule has 0 amide bonds. The van der Waals surface area contributed by atoms with E-state index in [-0.39, 0.29) is 5.82 Å². The summed E-state index contributed by atoms with van der Waals surface area (Å²) in [6, 6.07) is 5.47. The summed E-state index contributed by atoms with van der Waals surface area (Å²) in [5.41, 5.74) is 0.432. The van der Waals surface area contributed by atoms with Crippen LogP contribution in [0.25, 0.3) is 11.4 Å². The zero-order chi connectivity index (χ0) is 14.8. The standard InChI is InChI=1S/C14H17BrFN5/c1-17-10-4-6-21(7-5-10)14-18-13(19-20-14)11-3-2-9(15)8-12(11)16/h2-3,8,10,17H,4-7H2,1H3,(H,18,19,20). The minimum atomic E-state index is -0.319. The summed E-state index contributed by atoms with van der Waals surface area (Å²) in [5, 5.41) is 10.3. The molecule has 1 aromatic carbocycles. The molecule has 0 unspecified atom stereocenters. The lowest BCUT2D eigenvalue weighted by Gasteiger charge is -2.30. The first-order valence-corrected chi connectivity index (χ1v) is 7.76. The highest BCUT2D eigenvalue weighted by Crippen LogP contribution is 2.24. The van der Waals surface area contributed by atoms with Crippen molar-refractivity contribution in [2.24, 2.45) is 0 Å². The first kappa shape index (κ1) is 14.5. The predicted octanol–water partition coefficient (Wildman–Crippen LogP) is 2.56. The largest absolute Gasteiger partial charge is 0.339 e. The molecule has 1 aliphatic rings. The van der Waals surface area contributed by atoms with Crippen molar-refractivity contribution in [3.05, 3.63) is 28.5 Å². The molecule has 0 radical (unpaired) electrons. The molecule has 21 heavy (non-hydrogen) atoms. The topological polar surface area (TPSA) is 56.8 Å². The molecule has 2 heterocycles. The quantitative estimate of drug-likeness (QED) is 0.890. The lowest BCUT2D eigenvalue weighted by molar-refractivity contribution is 0.439. The summed E-state index contributed by atoms with van der Waals surface area (Å²) >= 11 is 3.25. The summed E-state index contributed by atoms with van der Waals surface area (Å²) in [6.45, 7) is 1.82. The number of hydrogen-bond acceptors (Lipinski definition) is 4. The average molecular weight is 354 g/mol. The van der Waals surface area contributed by atoms with Crippen LogP contribution in [0.3, 0.4) is 0 Å². The van der Waals surface area contributed by atoms with Crippen molar-refractivity contribution in [3.8, 4) is 11.4 Å². The van der Waals surface area contributed by atoms with E-state index in [1.54, 1.807) is 12.1 Å². The van der Waals surface area contributed by atoms with E-state index in [1.165, 1.54) is 6.07 Å². The van der Waals surface area contributed by atoms with Gasteiger partial charge in [0.2, 0.25) is 5.95 Å². The number of H-pyrrole nitrogens is 1. The first-order chi connectivity index (χ1) is 10.2. The molecule has 0 spiro atoms. The van der Waals surface area contributed by atoms with Gasteiger partial charge in [0.25, 0.3) is 0 Å². The molecule has 0 bridgehead atoms. The summed E-state index contributed by atoms with van der Waals surface area (Å²) in [7, 11) is 1.99. The highest BCUT2D eigenvalue weighted by atomic mass is 79.9. The van der Waals surface area contributed by atoms with Crippen LogP contribution in [0.2, 0.25) is 0 Å². The third-order valence-corrected chi connectivity index (χ3v) is 4.34. The van der Waals surface area contributed by atoms with Gasteiger partial charge in [-0.1, -0.05) is 15.9 Å². The zero-order valence-electron chi connectivity index (χ0n) is 11.7. The van der Waals surface area contributed by atoms with Crippen molar-refractivity contribution in [1.82, 2.24) is 20.5 Å². The summed E-state index contributed by atoms with van der Waals surface area (Å²) < 4.78 is 14.7. The molecule has 3 rings (SSSR count). The number of hydrogen-bond donors (Lipinski definition) is 2. The van der Waals surface area contributed by atoms with E-state index in [2.05, 4.69) is 41.3 Å². The second-order valence-electron chi connectivity index (χ2n) is 5.16. The molecule has 5 nitrogen and oxygen atoms in total. The lowest BCUT2D eigenvalue weighted by atomic mass is 10.1. The third kappa shape index (κ3) is 3.08. The van der Waals surface area contributed by atoms with E-state index in [9.17, 15) is 4.39 Å². The van der Waals surface area contributed by atoms with E-state index < -0.39 is 0 Å². The monoisotopic (exact) mass is 353 g/mol. The zero-order valence-corrected chi connectivity index (χ0v) is 13.3. The van der Waals surface area contributed by atoms with Crippen molar-refractivity contribution in [2.75, 3.05) is 25.0 Å².